The maximum Gasteiger partial charge on any atom is 0.321 e. The maximum absolute atomic E-state index is 12.2. The monoisotopic (exact) mass is 411 g/mol. The highest BCUT2D eigenvalue weighted by Gasteiger charge is 2.18. The van der Waals surface area contributed by atoms with Crippen molar-refractivity contribution in [3.8, 4) is 11.5 Å². The molecule has 1 aromatic heterocycles. The number of thiophene rings is 1. The molecule has 8 nitrogen and oxygen atoms in total. The summed E-state index contributed by atoms with van der Waals surface area (Å²) in [5.41, 5.74) is 0.311. The number of carbonyl (C=O) groups is 2. The first kappa shape index (κ1) is 19.3. The molecule has 0 fully saturated rings. The minimum Gasteiger partial charge on any atom is -0.490 e. The van der Waals surface area contributed by atoms with Gasteiger partial charge in [0.15, 0.2) is 23.9 Å². The highest BCUT2D eigenvalue weighted by atomic mass is 32.2. The third kappa shape index (κ3) is 5.06. The Balaban J connectivity index is 1.51. The average molecular weight is 411 g/mol. The number of esters is 1. The number of ketones is 1. The molecule has 0 bridgehead atoms. The van der Waals surface area contributed by atoms with Crippen molar-refractivity contribution in [3.63, 3.8) is 0 Å². The molecule has 2 heterocycles. The Morgan fingerprint density at radius 2 is 1.93 bits per heavy atom. The number of nitrogens with one attached hydrogen (secondary N) is 1. The molecule has 0 saturated carbocycles. The van der Waals surface area contributed by atoms with Crippen molar-refractivity contribution in [2.75, 3.05) is 26.4 Å². The summed E-state index contributed by atoms with van der Waals surface area (Å²) in [6, 6.07) is 7.74. The predicted octanol–water partition coefficient (Wildman–Crippen LogP) is 1.61. The van der Waals surface area contributed by atoms with Crippen LogP contribution in [-0.2, 0) is 19.6 Å². The molecule has 0 unspecified atom stereocenters. The second kappa shape index (κ2) is 8.51. The lowest BCUT2D eigenvalue weighted by Crippen LogP contribution is -2.31. The molecular weight excluding hydrogens is 394 g/mol. The second-order valence-corrected chi connectivity index (χ2v) is 8.49. The third-order valence-electron chi connectivity index (χ3n) is 3.60. The first-order valence-electron chi connectivity index (χ1n) is 8.07. The lowest BCUT2D eigenvalue weighted by molar-refractivity contribution is -0.141. The molecule has 3 rings (SSSR count). The van der Waals surface area contributed by atoms with Gasteiger partial charge in [-0.3, -0.25) is 9.59 Å². The normalized spacial score (nSPS) is 13.6. The molecule has 0 saturated heterocycles. The van der Waals surface area contributed by atoms with E-state index in [0.717, 1.165) is 17.8 Å². The number of sulfonamides is 1. The Hall–Kier alpha value is -2.43. The highest BCUT2D eigenvalue weighted by molar-refractivity contribution is 7.91. The van der Waals surface area contributed by atoms with Gasteiger partial charge in [-0.1, -0.05) is 6.07 Å². The summed E-state index contributed by atoms with van der Waals surface area (Å²) in [5.74, 6) is -0.254. The number of fused-ring (bicyclic) bond motifs is 1. The molecule has 0 atom stereocenters. The van der Waals surface area contributed by atoms with Crippen molar-refractivity contribution in [1.82, 2.24) is 4.72 Å². The molecule has 1 aromatic carbocycles. The third-order valence-corrected chi connectivity index (χ3v) is 6.40. The average Bonchev–Trinajstić information content (AvgIpc) is 3.11. The van der Waals surface area contributed by atoms with Crippen LogP contribution in [-0.4, -0.2) is 46.5 Å². The summed E-state index contributed by atoms with van der Waals surface area (Å²) >= 11 is 1.03. The van der Waals surface area contributed by atoms with E-state index in [4.69, 9.17) is 14.2 Å². The summed E-state index contributed by atoms with van der Waals surface area (Å²) in [7, 11) is -3.76. The van der Waals surface area contributed by atoms with Gasteiger partial charge in [-0.25, -0.2) is 8.42 Å². The van der Waals surface area contributed by atoms with E-state index in [1.165, 1.54) is 12.1 Å². The van der Waals surface area contributed by atoms with Gasteiger partial charge in [0.05, 0.1) is 13.2 Å². The first-order chi connectivity index (χ1) is 13.0. The van der Waals surface area contributed by atoms with Gasteiger partial charge in [-0.05, 0) is 29.6 Å². The molecule has 1 aliphatic rings. The van der Waals surface area contributed by atoms with Gasteiger partial charge in [-0.2, -0.15) is 4.72 Å². The van der Waals surface area contributed by atoms with Gasteiger partial charge in [-0.15, -0.1) is 11.3 Å². The summed E-state index contributed by atoms with van der Waals surface area (Å²) in [5, 5.41) is 1.61. The molecule has 1 aliphatic heterocycles. The molecular formula is C17H17NO7S2. The molecule has 144 valence electrons. The van der Waals surface area contributed by atoms with E-state index in [0.29, 0.717) is 30.3 Å². The molecule has 27 heavy (non-hydrogen) atoms. The van der Waals surface area contributed by atoms with Crippen molar-refractivity contribution in [2.45, 2.75) is 10.6 Å². The zero-order valence-electron chi connectivity index (χ0n) is 14.2. The lowest BCUT2D eigenvalue weighted by atomic mass is 10.1. The van der Waals surface area contributed by atoms with E-state index in [2.05, 4.69) is 4.72 Å². The van der Waals surface area contributed by atoms with Gasteiger partial charge in [0.2, 0.25) is 0 Å². The summed E-state index contributed by atoms with van der Waals surface area (Å²) in [6.45, 7) is -0.0306. The van der Waals surface area contributed by atoms with Crippen LogP contribution in [0.25, 0.3) is 0 Å². The van der Waals surface area contributed by atoms with Gasteiger partial charge < -0.3 is 14.2 Å². The number of benzene rings is 1. The van der Waals surface area contributed by atoms with Crippen LogP contribution < -0.4 is 14.2 Å². The van der Waals surface area contributed by atoms with Crippen LogP contribution in [0.2, 0.25) is 0 Å². The number of Topliss-reactive ketones (excluding diaryl/α,β-unsaturated/α-hetero) is 1. The number of hydrogen-bond acceptors (Lipinski definition) is 8. The standard InChI is InChI=1S/C17H17NO7S2/c19-13(12-4-5-14-15(9-12)24-7-2-6-23-14)11-25-16(20)10-18-27(21,22)17-3-1-8-26-17/h1,3-5,8-9,18H,2,6-7,10-11H2. The van der Waals surface area contributed by atoms with Gasteiger partial charge >= 0.3 is 5.97 Å². The van der Waals surface area contributed by atoms with Crippen molar-refractivity contribution in [2.24, 2.45) is 0 Å². The zero-order chi connectivity index (χ0) is 19.3. The second-order valence-electron chi connectivity index (χ2n) is 5.55. The van der Waals surface area contributed by atoms with Gasteiger partial charge in [0.1, 0.15) is 10.8 Å². The summed E-state index contributed by atoms with van der Waals surface area (Å²) in [6.07, 6.45) is 0.747. The smallest absolute Gasteiger partial charge is 0.321 e. The van der Waals surface area contributed by atoms with Crippen LogP contribution in [0.1, 0.15) is 16.8 Å². The van der Waals surface area contributed by atoms with Gasteiger partial charge in [0.25, 0.3) is 10.0 Å². The predicted molar refractivity (Wildman–Crippen MR) is 96.8 cm³/mol. The maximum atomic E-state index is 12.2. The Kier molecular flexibility index (Phi) is 6.09. The largest absolute Gasteiger partial charge is 0.490 e. The molecule has 10 heteroatoms. The fraction of sp³-hybridized carbons (Fsp3) is 0.294. The minimum atomic E-state index is -3.76. The lowest BCUT2D eigenvalue weighted by Gasteiger charge is -2.09. The Morgan fingerprint density at radius 3 is 2.67 bits per heavy atom. The number of rotatable bonds is 7. The van der Waals surface area contributed by atoms with E-state index in [1.807, 2.05) is 0 Å². The van der Waals surface area contributed by atoms with Crippen LogP contribution >= 0.6 is 11.3 Å². The topological polar surface area (TPSA) is 108 Å². The number of hydrogen-bond donors (Lipinski definition) is 1. The van der Waals surface area contributed by atoms with Crippen molar-refractivity contribution < 1.29 is 32.2 Å². The molecule has 0 radical (unpaired) electrons. The van der Waals surface area contributed by atoms with Crippen molar-refractivity contribution in [1.29, 1.82) is 0 Å². The summed E-state index contributed by atoms with van der Waals surface area (Å²) in [4.78, 5) is 23.9. The van der Waals surface area contributed by atoms with E-state index >= 15 is 0 Å². The van der Waals surface area contributed by atoms with Crippen molar-refractivity contribution >= 4 is 33.1 Å². The first-order valence-corrected chi connectivity index (χ1v) is 10.4. The van der Waals surface area contributed by atoms with Crippen LogP contribution in [0, 0.1) is 0 Å². The van der Waals surface area contributed by atoms with E-state index < -0.39 is 34.9 Å². The SMILES string of the molecule is O=C(CNS(=O)(=O)c1cccs1)OCC(=O)c1ccc2c(c1)OCCCO2. The van der Waals surface area contributed by atoms with E-state index in [9.17, 15) is 18.0 Å². The van der Waals surface area contributed by atoms with Crippen LogP contribution in [0.15, 0.2) is 39.9 Å². The zero-order valence-corrected chi connectivity index (χ0v) is 15.8. The minimum absolute atomic E-state index is 0.0959. The Labute approximate surface area is 160 Å². The highest BCUT2D eigenvalue weighted by Crippen LogP contribution is 2.30. The molecule has 2 aromatic rings. The quantitative estimate of drug-likeness (QED) is 0.545. The molecule has 1 N–H and O–H groups in total. The Morgan fingerprint density at radius 1 is 1.15 bits per heavy atom. The van der Waals surface area contributed by atoms with Crippen LogP contribution in [0.4, 0.5) is 0 Å². The van der Waals surface area contributed by atoms with E-state index in [1.54, 1.807) is 23.6 Å². The van der Waals surface area contributed by atoms with E-state index in [-0.39, 0.29) is 4.21 Å². The van der Waals surface area contributed by atoms with Crippen LogP contribution in [0.3, 0.4) is 0 Å². The molecule has 0 amide bonds. The summed E-state index contributed by atoms with van der Waals surface area (Å²) < 4.78 is 41.9. The van der Waals surface area contributed by atoms with Crippen LogP contribution in [0.5, 0.6) is 11.5 Å². The number of carbonyl (C=O) groups excluding carboxylic acids is 2. The molecule has 0 aliphatic carbocycles. The van der Waals surface area contributed by atoms with Crippen molar-refractivity contribution in [3.05, 3.63) is 41.3 Å². The molecule has 0 spiro atoms. The Bertz CT molecular complexity index is 923. The number of ether oxygens (including phenoxy) is 3. The fourth-order valence-corrected chi connectivity index (χ4v) is 4.27. The fourth-order valence-electron chi connectivity index (χ4n) is 2.26. The van der Waals surface area contributed by atoms with Gasteiger partial charge in [0, 0.05) is 12.0 Å².